The summed E-state index contributed by atoms with van der Waals surface area (Å²) >= 11 is 5.84. The highest BCUT2D eigenvalue weighted by atomic mass is 35.5. The molecule has 4 heteroatoms. The number of hydrogen-bond donors (Lipinski definition) is 2. The van der Waals surface area contributed by atoms with Gasteiger partial charge < -0.3 is 10.8 Å². The molecule has 16 heavy (non-hydrogen) atoms. The summed E-state index contributed by atoms with van der Waals surface area (Å²) in [7, 11) is 0. The van der Waals surface area contributed by atoms with Gasteiger partial charge in [-0.1, -0.05) is 11.6 Å². The molecular formula is C12H13ClN2O. The lowest BCUT2D eigenvalue weighted by molar-refractivity contribution is 0.0751. The number of anilines is 1. The van der Waals surface area contributed by atoms with E-state index in [-0.39, 0.29) is 39.4 Å². The summed E-state index contributed by atoms with van der Waals surface area (Å²) in [5.74, 6) is 0. The molecular weight excluding hydrogens is 224 g/mol. The van der Waals surface area contributed by atoms with Crippen LogP contribution in [0.2, 0.25) is 5.02 Å². The zero-order chi connectivity index (χ0) is 16.2. The number of aliphatic hydroxyl groups is 1. The van der Waals surface area contributed by atoms with Crippen molar-refractivity contribution in [2.45, 2.75) is 19.4 Å². The van der Waals surface area contributed by atoms with Crippen LogP contribution in [0.5, 0.6) is 0 Å². The molecule has 2 rings (SSSR count). The molecule has 1 aromatic heterocycles. The van der Waals surface area contributed by atoms with Gasteiger partial charge in [-0.15, -0.1) is 0 Å². The van der Waals surface area contributed by atoms with E-state index in [1.54, 1.807) is 0 Å². The first-order valence-electron chi connectivity index (χ1n) is 7.05. The quantitative estimate of drug-likeness (QED) is 0.807. The van der Waals surface area contributed by atoms with Crippen LogP contribution in [0.1, 0.15) is 26.3 Å². The van der Waals surface area contributed by atoms with Crippen LogP contribution in [-0.4, -0.2) is 10.1 Å². The van der Waals surface area contributed by atoms with Gasteiger partial charge in [-0.2, -0.15) is 0 Å². The fourth-order valence-electron chi connectivity index (χ4n) is 1.40. The van der Waals surface area contributed by atoms with Gasteiger partial charge in [-0.3, -0.25) is 0 Å². The van der Waals surface area contributed by atoms with Crippen molar-refractivity contribution in [1.29, 1.82) is 0 Å². The molecule has 3 nitrogen and oxygen atoms in total. The number of benzene rings is 1. The molecule has 0 bridgehead atoms. The van der Waals surface area contributed by atoms with Crippen LogP contribution in [0, 0.1) is 0 Å². The second-order valence-electron chi connectivity index (χ2n) is 3.65. The highest BCUT2D eigenvalue weighted by Crippen LogP contribution is 2.28. The maximum Gasteiger partial charge on any atom is 0.103 e. The Labute approximate surface area is 106 Å². The van der Waals surface area contributed by atoms with Gasteiger partial charge in [-0.25, -0.2) is 4.98 Å². The lowest BCUT2D eigenvalue weighted by atomic mass is 10.0. The molecule has 0 spiro atoms. The highest BCUT2D eigenvalue weighted by Gasteiger charge is 2.21. The topological polar surface area (TPSA) is 59.1 Å². The number of fused-ring (bicyclic) bond motifs is 1. The SMILES string of the molecule is [2H]c1c(N)c(C(C)(O)C([2H])([2H])[2H])nc2c([2H])cc(Cl)cc12. The molecule has 0 aliphatic carbocycles. The summed E-state index contributed by atoms with van der Waals surface area (Å²) < 4.78 is 38.0. The molecule has 2 aromatic rings. The van der Waals surface area contributed by atoms with E-state index in [0.717, 1.165) is 6.92 Å². The molecule has 0 amide bonds. The maximum atomic E-state index is 10.3. The Balaban J connectivity index is 2.88. The fraction of sp³-hybridized carbons (Fsp3) is 0.250. The molecule has 0 aliphatic heterocycles. The average molecular weight is 242 g/mol. The van der Waals surface area contributed by atoms with Crippen molar-refractivity contribution in [1.82, 2.24) is 4.98 Å². The number of nitrogens with two attached hydrogens (primary N) is 1. The number of halogens is 1. The number of hydrogen-bond acceptors (Lipinski definition) is 3. The fourth-order valence-corrected chi connectivity index (χ4v) is 1.56. The second kappa shape index (κ2) is 3.61. The van der Waals surface area contributed by atoms with Crippen LogP contribution in [0.25, 0.3) is 10.9 Å². The summed E-state index contributed by atoms with van der Waals surface area (Å²) in [5.41, 5.74) is 2.93. The summed E-state index contributed by atoms with van der Waals surface area (Å²) in [4.78, 5) is 4.01. The molecule has 1 unspecified atom stereocenters. The molecule has 1 atom stereocenters. The first-order chi connectivity index (χ1) is 9.46. The van der Waals surface area contributed by atoms with Crippen LogP contribution in [0.15, 0.2) is 24.2 Å². The van der Waals surface area contributed by atoms with Gasteiger partial charge in [-0.05, 0) is 38.0 Å². The predicted molar refractivity (Wildman–Crippen MR) is 66.4 cm³/mol. The lowest BCUT2D eigenvalue weighted by Gasteiger charge is -2.19. The predicted octanol–water partition coefficient (Wildman–Crippen LogP) is 2.70. The third kappa shape index (κ3) is 1.96. The molecule has 0 aliphatic rings. The van der Waals surface area contributed by atoms with Crippen molar-refractivity contribution in [3.63, 3.8) is 0 Å². The Hall–Kier alpha value is -1.32. The Kier molecular flexibility index (Phi) is 1.45. The molecule has 1 aromatic carbocycles. The number of aromatic nitrogens is 1. The first kappa shape index (κ1) is 6.42. The minimum absolute atomic E-state index is 0.0677. The molecule has 1 heterocycles. The average Bonchev–Trinajstić information content (AvgIpc) is 2.32. The number of pyridine rings is 1. The van der Waals surface area contributed by atoms with E-state index < -0.39 is 12.5 Å². The molecule has 3 N–H and O–H groups in total. The monoisotopic (exact) mass is 241 g/mol. The van der Waals surface area contributed by atoms with Crippen LogP contribution in [0.4, 0.5) is 5.69 Å². The van der Waals surface area contributed by atoms with Crippen molar-refractivity contribution < 1.29 is 12.0 Å². The maximum absolute atomic E-state index is 10.3. The minimum atomic E-state index is -2.77. The van der Waals surface area contributed by atoms with Crippen LogP contribution in [-0.2, 0) is 5.60 Å². The van der Waals surface area contributed by atoms with E-state index in [1.165, 1.54) is 12.1 Å². The van der Waals surface area contributed by atoms with Gasteiger partial charge in [0, 0.05) is 14.5 Å². The van der Waals surface area contributed by atoms with Crippen molar-refractivity contribution in [2.75, 3.05) is 5.73 Å². The smallest absolute Gasteiger partial charge is 0.103 e. The summed E-state index contributed by atoms with van der Waals surface area (Å²) in [5, 5.41) is 10.7. The third-order valence-electron chi connectivity index (χ3n) is 2.09. The third-order valence-corrected chi connectivity index (χ3v) is 2.31. The van der Waals surface area contributed by atoms with E-state index >= 15 is 0 Å². The first-order valence-corrected chi connectivity index (χ1v) is 4.93. The zero-order valence-electron chi connectivity index (χ0n) is 13.5. The van der Waals surface area contributed by atoms with E-state index in [4.69, 9.17) is 24.2 Å². The number of nitrogens with zero attached hydrogens (tertiary/aromatic N) is 1. The molecule has 0 saturated heterocycles. The van der Waals surface area contributed by atoms with Crippen molar-refractivity contribution in [3.8, 4) is 0 Å². The standard InChI is InChI=1S/C12H13ClN2O/c1-12(2,16)11-9(14)6-7-5-8(13)3-4-10(7)15-11/h3-6,16H,14H2,1-2H3/i1D3,4D,6D. The van der Waals surface area contributed by atoms with E-state index in [0.29, 0.717) is 0 Å². The van der Waals surface area contributed by atoms with E-state index in [9.17, 15) is 5.11 Å². The van der Waals surface area contributed by atoms with Crippen LogP contribution in [0.3, 0.4) is 0 Å². The highest BCUT2D eigenvalue weighted by molar-refractivity contribution is 6.31. The van der Waals surface area contributed by atoms with Gasteiger partial charge in [0.25, 0.3) is 0 Å². The van der Waals surface area contributed by atoms with Gasteiger partial charge in [0.05, 0.1) is 19.6 Å². The lowest BCUT2D eigenvalue weighted by Crippen LogP contribution is -2.19. The van der Waals surface area contributed by atoms with Crippen molar-refractivity contribution in [2.24, 2.45) is 0 Å². The Morgan fingerprint density at radius 3 is 3.12 bits per heavy atom. The second-order valence-corrected chi connectivity index (χ2v) is 4.09. The minimum Gasteiger partial charge on any atom is -0.397 e. The van der Waals surface area contributed by atoms with Gasteiger partial charge in [0.2, 0.25) is 0 Å². The number of rotatable bonds is 1. The van der Waals surface area contributed by atoms with Crippen molar-refractivity contribution in [3.05, 3.63) is 34.9 Å². The van der Waals surface area contributed by atoms with Gasteiger partial charge in [0.15, 0.2) is 0 Å². The van der Waals surface area contributed by atoms with Gasteiger partial charge >= 0.3 is 0 Å². The van der Waals surface area contributed by atoms with Crippen LogP contribution < -0.4 is 5.73 Å². The molecule has 0 saturated carbocycles. The zero-order valence-corrected chi connectivity index (χ0v) is 9.26. The Morgan fingerprint density at radius 2 is 2.44 bits per heavy atom. The Bertz CT molecular complexity index is 730. The summed E-state index contributed by atoms with van der Waals surface area (Å²) in [6.07, 6.45) is 0. The number of nitrogen functional groups attached to an aromatic ring is 1. The molecule has 0 radical (unpaired) electrons. The molecule has 0 fully saturated rings. The normalized spacial score (nSPS) is 20.3. The van der Waals surface area contributed by atoms with Crippen molar-refractivity contribution >= 4 is 28.2 Å². The largest absolute Gasteiger partial charge is 0.397 e. The molecule has 84 valence electrons. The summed E-state index contributed by atoms with van der Waals surface area (Å²) in [6, 6.07) is 2.46. The van der Waals surface area contributed by atoms with E-state index in [2.05, 4.69) is 4.98 Å². The van der Waals surface area contributed by atoms with Gasteiger partial charge in [0.1, 0.15) is 5.60 Å². The summed E-state index contributed by atoms with van der Waals surface area (Å²) in [6.45, 7) is -1.72. The Morgan fingerprint density at radius 1 is 1.69 bits per heavy atom. The van der Waals surface area contributed by atoms with E-state index in [1.807, 2.05) is 0 Å². The van der Waals surface area contributed by atoms with Crippen LogP contribution >= 0.6 is 11.6 Å².